The Bertz CT molecular complexity index is 480. The highest BCUT2D eigenvalue weighted by Crippen LogP contribution is 2.02. The molecule has 0 rings (SSSR count). The number of aliphatic hydroxyl groups excluding tert-OH is 2. The molecule has 24 heavy (non-hydrogen) atoms. The van der Waals surface area contributed by atoms with Crippen molar-refractivity contribution in [3.05, 3.63) is 0 Å². The largest absolute Gasteiger partial charge is 0.481 e. The number of nitrogens with two attached hydrogens (primary N) is 1. The van der Waals surface area contributed by atoms with Crippen molar-refractivity contribution in [1.82, 2.24) is 10.6 Å². The van der Waals surface area contributed by atoms with E-state index in [0.717, 1.165) is 6.92 Å². The molecule has 11 heteroatoms. The fourth-order valence-corrected chi connectivity index (χ4v) is 1.67. The first-order valence-electron chi connectivity index (χ1n) is 7.14. The Hall–Kier alpha value is -2.24. The molecule has 2 amide bonds. The van der Waals surface area contributed by atoms with E-state index in [2.05, 4.69) is 5.32 Å². The fourth-order valence-electron chi connectivity index (χ4n) is 1.67. The minimum Gasteiger partial charge on any atom is -0.481 e. The summed E-state index contributed by atoms with van der Waals surface area (Å²) in [7, 11) is 0. The lowest BCUT2D eigenvalue weighted by Gasteiger charge is -2.24. The normalized spacial score (nSPS) is 17.0. The Morgan fingerprint density at radius 1 is 0.958 bits per heavy atom. The van der Waals surface area contributed by atoms with E-state index in [9.17, 15) is 29.4 Å². The predicted octanol–water partition coefficient (Wildman–Crippen LogP) is -3.01. The maximum atomic E-state index is 12.1. The van der Waals surface area contributed by atoms with Crippen molar-refractivity contribution in [3.63, 3.8) is 0 Å². The summed E-state index contributed by atoms with van der Waals surface area (Å²) in [5.41, 5.74) is 5.42. The van der Waals surface area contributed by atoms with Gasteiger partial charge in [0.1, 0.15) is 12.1 Å². The number of amides is 2. The average Bonchev–Trinajstić information content (AvgIpc) is 2.46. The van der Waals surface area contributed by atoms with Gasteiger partial charge in [0.15, 0.2) is 6.04 Å². The second-order valence-electron chi connectivity index (χ2n) is 5.33. The SMILES string of the molecule is CC(O)C(N)C(=O)NC(CCC(=O)O)C(=O)NC(C(=O)O)C(C)O. The number of rotatable bonds is 10. The van der Waals surface area contributed by atoms with Gasteiger partial charge in [0, 0.05) is 6.42 Å². The predicted molar refractivity (Wildman–Crippen MR) is 79.7 cm³/mol. The Kier molecular flexibility index (Phi) is 8.89. The minimum atomic E-state index is -1.63. The van der Waals surface area contributed by atoms with Crippen LogP contribution in [-0.4, -0.2) is 74.5 Å². The van der Waals surface area contributed by atoms with Gasteiger partial charge in [-0.1, -0.05) is 0 Å². The number of carbonyl (C=O) groups is 4. The number of hydrogen-bond donors (Lipinski definition) is 7. The number of nitrogens with one attached hydrogen (secondary N) is 2. The van der Waals surface area contributed by atoms with Crippen molar-refractivity contribution in [2.75, 3.05) is 0 Å². The Balaban J connectivity index is 5.10. The molecule has 0 saturated heterocycles. The van der Waals surface area contributed by atoms with Gasteiger partial charge in [-0.2, -0.15) is 0 Å². The Labute approximate surface area is 137 Å². The van der Waals surface area contributed by atoms with Crippen LogP contribution < -0.4 is 16.4 Å². The summed E-state index contributed by atoms with van der Waals surface area (Å²) in [4.78, 5) is 45.5. The molecule has 5 unspecified atom stereocenters. The first-order chi connectivity index (χ1) is 11.0. The molecule has 5 atom stereocenters. The molecule has 8 N–H and O–H groups in total. The molecule has 0 aliphatic carbocycles. The van der Waals surface area contributed by atoms with Crippen LogP contribution in [0.2, 0.25) is 0 Å². The van der Waals surface area contributed by atoms with Crippen LogP contribution in [0.5, 0.6) is 0 Å². The van der Waals surface area contributed by atoms with E-state index in [4.69, 9.17) is 15.9 Å². The zero-order valence-electron chi connectivity index (χ0n) is 13.3. The number of aliphatic hydroxyl groups is 2. The van der Waals surface area contributed by atoms with Gasteiger partial charge >= 0.3 is 11.9 Å². The van der Waals surface area contributed by atoms with E-state index in [-0.39, 0.29) is 6.42 Å². The molecule has 0 radical (unpaired) electrons. The number of carboxylic acids is 2. The standard InChI is InChI=1S/C13H23N3O8/c1-5(17)9(14)12(22)15-7(3-4-8(19)20)11(21)16-10(6(2)18)13(23)24/h5-7,9-10,17-18H,3-4,14H2,1-2H3,(H,15,22)(H,16,21)(H,19,20)(H,23,24). The molecule has 0 aliphatic rings. The molecule has 0 saturated carbocycles. The van der Waals surface area contributed by atoms with Crippen LogP contribution in [0.4, 0.5) is 0 Å². The lowest BCUT2D eigenvalue weighted by atomic mass is 10.1. The monoisotopic (exact) mass is 349 g/mol. The smallest absolute Gasteiger partial charge is 0.328 e. The van der Waals surface area contributed by atoms with E-state index in [1.807, 2.05) is 5.32 Å². The third kappa shape index (κ3) is 7.35. The van der Waals surface area contributed by atoms with E-state index in [0.29, 0.717) is 0 Å². The molecule has 0 aromatic heterocycles. The second-order valence-corrected chi connectivity index (χ2v) is 5.33. The van der Waals surface area contributed by atoms with Gasteiger partial charge in [-0.25, -0.2) is 4.79 Å². The van der Waals surface area contributed by atoms with Crippen molar-refractivity contribution in [2.45, 2.75) is 57.0 Å². The molecule has 0 aromatic rings. The van der Waals surface area contributed by atoms with Crippen LogP contribution in [0.3, 0.4) is 0 Å². The maximum Gasteiger partial charge on any atom is 0.328 e. The van der Waals surface area contributed by atoms with Crippen LogP contribution in [0.1, 0.15) is 26.7 Å². The van der Waals surface area contributed by atoms with Crippen molar-refractivity contribution in [2.24, 2.45) is 5.73 Å². The summed E-state index contributed by atoms with van der Waals surface area (Å²) in [6, 6.07) is -4.37. The number of hydrogen-bond acceptors (Lipinski definition) is 7. The molecule has 0 aromatic carbocycles. The molecule has 0 heterocycles. The number of carboxylic acid groups (broad SMARTS) is 2. The topological polar surface area (TPSA) is 199 Å². The average molecular weight is 349 g/mol. The van der Waals surface area contributed by atoms with Crippen molar-refractivity contribution in [3.8, 4) is 0 Å². The number of aliphatic carboxylic acids is 2. The first kappa shape index (κ1) is 21.8. The molecule has 11 nitrogen and oxygen atoms in total. The highest BCUT2D eigenvalue weighted by molar-refractivity contribution is 5.92. The van der Waals surface area contributed by atoms with Crippen LogP contribution >= 0.6 is 0 Å². The van der Waals surface area contributed by atoms with Gasteiger partial charge in [0.25, 0.3) is 0 Å². The van der Waals surface area contributed by atoms with E-state index in [1.54, 1.807) is 0 Å². The zero-order chi connectivity index (χ0) is 19.0. The molecular formula is C13H23N3O8. The third-order valence-electron chi connectivity index (χ3n) is 3.15. The van der Waals surface area contributed by atoms with Crippen LogP contribution in [0.15, 0.2) is 0 Å². The second kappa shape index (κ2) is 9.80. The van der Waals surface area contributed by atoms with Gasteiger partial charge in [0.2, 0.25) is 11.8 Å². The lowest BCUT2D eigenvalue weighted by molar-refractivity contribution is -0.145. The fraction of sp³-hybridized carbons (Fsp3) is 0.692. The first-order valence-corrected chi connectivity index (χ1v) is 7.14. The minimum absolute atomic E-state index is 0.328. The third-order valence-corrected chi connectivity index (χ3v) is 3.15. The van der Waals surface area contributed by atoms with E-state index >= 15 is 0 Å². The summed E-state index contributed by atoms with van der Waals surface area (Å²) in [6.07, 6.45) is -3.43. The maximum absolute atomic E-state index is 12.1. The Morgan fingerprint density at radius 3 is 1.88 bits per heavy atom. The Morgan fingerprint density at radius 2 is 1.50 bits per heavy atom. The van der Waals surface area contributed by atoms with Gasteiger partial charge < -0.3 is 36.8 Å². The highest BCUT2D eigenvalue weighted by Gasteiger charge is 2.31. The lowest BCUT2D eigenvalue weighted by Crippen LogP contribution is -2.57. The summed E-state index contributed by atoms with van der Waals surface area (Å²) >= 11 is 0. The van der Waals surface area contributed by atoms with Gasteiger partial charge in [0.05, 0.1) is 12.2 Å². The van der Waals surface area contributed by atoms with Crippen LogP contribution in [0, 0.1) is 0 Å². The van der Waals surface area contributed by atoms with E-state index < -0.39 is 60.5 Å². The van der Waals surface area contributed by atoms with Crippen molar-refractivity contribution < 1.29 is 39.6 Å². The molecule has 0 aliphatic heterocycles. The highest BCUT2D eigenvalue weighted by atomic mass is 16.4. The van der Waals surface area contributed by atoms with Gasteiger partial charge in [-0.15, -0.1) is 0 Å². The summed E-state index contributed by atoms with van der Waals surface area (Å²) in [5, 5.41) is 40.4. The van der Waals surface area contributed by atoms with E-state index in [1.165, 1.54) is 6.92 Å². The zero-order valence-corrected chi connectivity index (χ0v) is 13.3. The molecule has 0 spiro atoms. The van der Waals surface area contributed by atoms with Crippen molar-refractivity contribution >= 4 is 23.8 Å². The molecule has 0 fully saturated rings. The summed E-state index contributed by atoms with van der Waals surface area (Å²) in [6.45, 7) is 2.40. The molecule has 0 bridgehead atoms. The summed E-state index contributed by atoms with van der Waals surface area (Å²) in [5.74, 6) is -4.62. The van der Waals surface area contributed by atoms with Gasteiger partial charge in [-0.05, 0) is 20.3 Å². The van der Waals surface area contributed by atoms with Crippen LogP contribution in [-0.2, 0) is 19.2 Å². The van der Waals surface area contributed by atoms with Crippen LogP contribution in [0.25, 0.3) is 0 Å². The van der Waals surface area contributed by atoms with Crippen molar-refractivity contribution in [1.29, 1.82) is 0 Å². The van der Waals surface area contributed by atoms with Gasteiger partial charge in [-0.3, -0.25) is 14.4 Å². The molecular weight excluding hydrogens is 326 g/mol. The summed E-state index contributed by atoms with van der Waals surface area (Å²) < 4.78 is 0. The molecule has 138 valence electrons. The quantitative estimate of drug-likeness (QED) is 0.214. The number of carbonyl (C=O) groups excluding carboxylic acids is 2.